The second-order valence-corrected chi connectivity index (χ2v) is 7.82. The van der Waals surface area contributed by atoms with E-state index in [2.05, 4.69) is 5.32 Å². The number of Topliss-reactive ketones (excluding diaryl/α,β-unsaturated/α-hetero) is 1. The van der Waals surface area contributed by atoms with Gasteiger partial charge in [-0.2, -0.15) is 0 Å². The Morgan fingerprint density at radius 3 is 2.52 bits per heavy atom. The molecule has 2 heterocycles. The molecule has 29 heavy (non-hydrogen) atoms. The lowest BCUT2D eigenvalue weighted by molar-refractivity contribution is -0.135. The van der Waals surface area contributed by atoms with E-state index in [4.69, 9.17) is 4.74 Å². The molecule has 1 saturated heterocycles. The Kier molecular flexibility index (Phi) is 5.94. The number of hydrogen-bond acceptors (Lipinski definition) is 4. The maximum Gasteiger partial charge on any atom is 0.292 e. The van der Waals surface area contributed by atoms with Crippen molar-refractivity contribution >= 4 is 28.5 Å². The van der Waals surface area contributed by atoms with Crippen molar-refractivity contribution in [2.24, 2.45) is 0 Å². The van der Waals surface area contributed by atoms with Crippen LogP contribution in [-0.2, 0) is 20.9 Å². The van der Waals surface area contributed by atoms with Gasteiger partial charge in [0.05, 0.1) is 18.8 Å². The van der Waals surface area contributed by atoms with Crippen LogP contribution in [0.15, 0.2) is 30.5 Å². The molecule has 0 radical (unpaired) electrons. The molecule has 0 unspecified atom stereocenters. The molecular formula is C22H27N3O4. The molecule has 1 aliphatic carbocycles. The molecule has 1 N–H and O–H groups in total. The summed E-state index contributed by atoms with van der Waals surface area (Å²) in [6.45, 7) is 2.38. The lowest BCUT2D eigenvalue weighted by atomic mass is 9.95. The fraction of sp³-hybridized carbons (Fsp3) is 0.500. The molecule has 2 amide bonds. The smallest absolute Gasteiger partial charge is 0.292 e. The number of morpholine rings is 1. The highest BCUT2D eigenvalue weighted by Crippen LogP contribution is 2.23. The van der Waals surface area contributed by atoms with E-state index < -0.39 is 11.7 Å². The summed E-state index contributed by atoms with van der Waals surface area (Å²) in [6.07, 6.45) is 6.85. The molecular weight excluding hydrogens is 370 g/mol. The van der Waals surface area contributed by atoms with Crippen molar-refractivity contribution in [1.82, 2.24) is 14.8 Å². The average molecular weight is 397 g/mol. The van der Waals surface area contributed by atoms with Gasteiger partial charge in [-0.25, -0.2) is 0 Å². The van der Waals surface area contributed by atoms with Crippen molar-refractivity contribution < 1.29 is 19.1 Å². The zero-order valence-corrected chi connectivity index (χ0v) is 16.6. The minimum atomic E-state index is -0.556. The van der Waals surface area contributed by atoms with E-state index in [-0.39, 0.29) is 18.5 Å². The zero-order chi connectivity index (χ0) is 20.2. The molecule has 2 fully saturated rings. The molecule has 2 aliphatic rings. The molecule has 0 spiro atoms. The number of ketones is 1. The monoisotopic (exact) mass is 397 g/mol. The van der Waals surface area contributed by atoms with E-state index in [0.29, 0.717) is 37.3 Å². The van der Waals surface area contributed by atoms with Gasteiger partial charge in [-0.3, -0.25) is 14.4 Å². The minimum Gasteiger partial charge on any atom is -0.378 e. The van der Waals surface area contributed by atoms with Gasteiger partial charge in [0, 0.05) is 36.2 Å². The Morgan fingerprint density at radius 2 is 1.76 bits per heavy atom. The van der Waals surface area contributed by atoms with Crippen LogP contribution in [0.5, 0.6) is 0 Å². The predicted octanol–water partition coefficient (Wildman–Crippen LogP) is 2.13. The third-order valence-electron chi connectivity index (χ3n) is 5.85. The Hall–Kier alpha value is -2.67. The number of ether oxygens (including phenoxy) is 1. The Balaban J connectivity index is 1.54. The molecule has 0 atom stereocenters. The quantitative estimate of drug-likeness (QED) is 0.619. The highest BCUT2D eigenvalue weighted by molar-refractivity contribution is 6.45. The number of nitrogens with zero attached hydrogens (tertiary/aromatic N) is 2. The van der Waals surface area contributed by atoms with Crippen molar-refractivity contribution in [3.05, 3.63) is 36.0 Å². The van der Waals surface area contributed by atoms with Crippen LogP contribution in [0.2, 0.25) is 0 Å². The molecule has 7 heteroatoms. The van der Waals surface area contributed by atoms with Crippen LogP contribution in [0.1, 0.15) is 42.5 Å². The van der Waals surface area contributed by atoms with Crippen molar-refractivity contribution in [1.29, 1.82) is 0 Å². The Morgan fingerprint density at radius 1 is 1.03 bits per heavy atom. The standard InChI is InChI=1S/C22H27N3O4/c26-20(24-10-12-29-13-11-24)15-25-14-18(17-8-4-5-9-19(17)25)21(27)22(28)23-16-6-2-1-3-7-16/h4-5,8-9,14,16H,1-3,6-7,10-13,15H2,(H,23,28). The predicted molar refractivity (Wildman–Crippen MR) is 109 cm³/mol. The maximum atomic E-state index is 12.9. The number of carbonyl (C=O) groups excluding carboxylic acids is 3. The highest BCUT2D eigenvalue weighted by Gasteiger charge is 2.25. The number of fused-ring (bicyclic) bond motifs is 1. The number of hydrogen-bond donors (Lipinski definition) is 1. The van der Waals surface area contributed by atoms with Crippen LogP contribution in [0.3, 0.4) is 0 Å². The summed E-state index contributed by atoms with van der Waals surface area (Å²) in [5.74, 6) is -1.11. The second-order valence-electron chi connectivity index (χ2n) is 7.82. The van der Waals surface area contributed by atoms with E-state index in [9.17, 15) is 14.4 Å². The summed E-state index contributed by atoms with van der Waals surface area (Å²) >= 11 is 0. The van der Waals surface area contributed by atoms with Gasteiger partial charge in [0.1, 0.15) is 6.54 Å². The molecule has 1 aliphatic heterocycles. The topological polar surface area (TPSA) is 80.6 Å². The van der Waals surface area contributed by atoms with E-state index in [1.54, 1.807) is 15.7 Å². The first kappa shape index (κ1) is 19.6. The zero-order valence-electron chi connectivity index (χ0n) is 16.6. The van der Waals surface area contributed by atoms with E-state index >= 15 is 0 Å². The third kappa shape index (κ3) is 4.34. The first-order chi connectivity index (χ1) is 14.1. The number of para-hydroxylation sites is 1. The number of carbonyl (C=O) groups is 3. The third-order valence-corrected chi connectivity index (χ3v) is 5.85. The van der Waals surface area contributed by atoms with Gasteiger partial charge in [0.2, 0.25) is 5.91 Å². The summed E-state index contributed by atoms with van der Waals surface area (Å²) in [7, 11) is 0. The van der Waals surface area contributed by atoms with Crippen molar-refractivity contribution in [3.63, 3.8) is 0 Å². The van der Waals surface area contributed by atoms with Crippen LogP contribution in [0.4, 0.5) is 0 Å². The molecule has 1 aromatic carbocycles. The second kappa shape index (κ2) is 8.78. The van der Waals surface area contributed by atoms with E-state index in [1.807, 2.05) is 24.3 Å². The van der Waals surface area contributed by atoms with Gasteiger partial charge in [-0.05, 0) is 18.9 Å². The van der Waals surface area contributed by atoms with Gasteiger partial charge < -0.3 is 19.5 Å². The van der Waals surface area contributed by atoms with Crippen molar-refractivity contribution in [2.45, 2.75) is 44.7 Å². The van der Waals surface area contributed by atoms with Gasteiger partial charge in [0.25, 0.3) is 11.7 Å². The summed E-state index contributed by atoms with van der Waals surface area (Å²) in [6, 6.07) is 7.49. The van der Waals surface area contributed by atoms with Crippen LogP contribution in [0, 0.1) is 0 Å². The van der Waals surface area contributed by atoms with Crippen molar-refractivity contribution in [3.8, 4) is 0 Å². The van der Waals surface area contributed by atoms with Gasteiger partial charge in [0.15, 0.2) is 0 Å². The Bertz CT molecular complexity index is 908. The molecule has 4 rings (SSSR count). The Labute approximate surface area is 170 Å². The minimum absolute atomic E-state index is 0.0142. The van der Waals surface area contributed by atoms with Crippen molar-refractivity contribution in [2.75, 3.05) is 26.3 Å². The molecule has 1 aromatic heterocycles. The summed E-state index contributed by atoms with van der Waals surface area (Å²) < 4.78 is 7.08. The fourth-order valence-corrected chi connectivity index (χ4v) is 4.24. The lowest BCUT2D eigenvalue weighted by Gasteiger charge is -2.27. The van der Waals surface area contributed by atoms with Crippen LogP contribution in [0.25, 0.3) is 10.9 Å². The van der Waals surface area contributed by atoms with E-state index in [1.165, 1.54) is 6.42 Å². The molecule has 2 aromatic rings. The average Bonchev–Trinajstić information content (AvgIpc) is 3.13. The number of amides is 2. The lowest BCUT2D eigenvalue weighted by Crippen LogP contribution is -2.42. The molecule has 7 nitrogen and oxygen atoms in total. The number of aromatic nitrogens is 1. The van der Waals surface area contributed by atoms with Crippen LogP contribution in [-0.4, -0.2) is 59.4 Å². The number of nitrogens with one attached hydrogen (secondary N) is 1. The summed E-state index contributed by atoms with van der Waals surface area (Å²) in [4.78, 5) is 39.9. The largest absolute Gasteiger partial charge is 0.378 e. The first-order valence-electron chi connectivity index (χ1n) is 10.4. The maximum absolute atomic E-state index is 12.9. The summed E-state index contributed by atoms with van der Waals surface area (Å²) in [5.41, 5.74) is 1.13. The fourth-order valence-electron chi connectivity index (χ4n) is 4.24. The first-order valence-corrected chi connectivity index (χ1v) is 10.4. The SMILES string of the molecule is O=C(NC1CCCCC1)C(=O)c1cn(CC(=O)N2CCOCC2)c2ccccc12. The number of benzene rings is 1. The van der Waals surface area contributed by atoms with Gasteiger partial charge in [-0.15, -0.1) is 0 Å². The molecule has 0 bridgehead atoms. The van der Waals surface area contributed by atoms with Gasteiger partial charge in [-0.1, -0.05) is 37.5 Å². The van der Waals surface area contributed by atoms with Gasteiger partial charge >= 0.3 is 0 Å². The van der Waals surface area contributed by atoms with E-state index in [0.717, 1.165) is 31.2 Å². The number of rotatable bonds is 5. The normalized spacial score (nSPS) is 18.0. The highest BCUT2D eigenvalue weighted by atomic mass is 16.5. The van der Waals surface area contributed by atoms with Crippen LogP contribution >= 0.6 is 0 Å². The van der Waals surface area contributed by atoms with Crippen LogP contribution < -0.4 is 5.32 Å². The molecule has 154 valence electrons. The summed E-state index contributed by atoms with van der Waals surface area (Å²) in [5, 5.41) is 3.60. The molecule has 1 saturated carbocycles.